The lowest BCUT2D eigenvalue weighted by atomic mass is 10.0. The van der Waals surface area contributed by atoms with Crippen LogP contribution in [0.25, 0.3) is 10.9 Å². The number of para-hydroxylation sites is 1. The van der Waals surface area contributed by atoms with Crippen molar-refractivity contribution in [3.63, 3.8) is 0 Å². The quantitative estimate of drug-likeness (QED) is 0.410. The highest BCUT2D eigenvalue weighted by Crippen LogP contribution is 2.31. The van der Waals surface area contributed by atoms with Crippen molar-refractivity contribution in [3.8, 4) is 0 Å². The fourth-order valence-electron chi connectivity index (χ4n) is 4.15. The molecule has 0 aliphatic carbocycles. The summed E-state index contributed by atoms with van der Waals surface area (Å²) in [5.41, 5.74) is 2.94. The van der Waals surface area contributed by atoms with Gasteiger partial charge in [-0.1, -0.05) is 24.3 Å². The van der Waals surface area contributed by atoms with Crippen molar-refractivity contribution < 1.29 is 24.6 Å². The summed E-state index contributed by atoms with van der Waals surface area (Å²) < 4.78 is 0. The summed E-state index contributed by atoms with van der Waals surface area (Å²) in [7, 11) is 0. The highest BCUT2D eigenvalue weighted by atomic mass is 16.4. The molecule has 4 rings (SSSR count). The average Bonchev–Trinajstić information content (AvgIpc) is 3.21. The molecule has 1 atom stereocenters. The third kappa shape index (κ3) is 5.04. The highest BCUT2D eigenvalue weighted by Gasteiger charge is 2.32. The van der Waals surface area contributed by atoms with Crippen LogP contribution >= 0.6 is 0 Å². The normalized spacial score (nSPS) is 15.6. The van der Waals surface area contributed by atoms with Crippen LogP contribution in [0.3, 0.4) is 0 Å². The number of nitrogens with zero attached hydrogens (tertiary/aromatic N) is 2. The molecular formula is C24H24N4O5. The van der Waals surface area contributed by atoms with Gasteiger partial charge in [-0.3, -0.25) is 14.5 Å². The number of hydrogen-bond acceptors (Lipinski definition) is 5. The van der Waals surface area contributed by atoms with Gasteiger partial charge in [-0.15, -0.1) is 0 Å². The predicted octanol–water partition coefficient (Wildman–Crippen LogP) is 2.70. The lowest BCUT2D eigenvalue weighted by Crippen LogP contribution is -2.49. The Kier molecular flexibility index (Phi) is 6.41. The molecule has 170 valence electrons. The highest BCUT2D eigenvalue weighted by molar-refractivity contribution is 6.03. The van der Waals surface area contributed by atoms with Crippen LogP contribution in [0.4, 0.5) is 11.4 Å². The van der Waals surface area contributed by atoms with E-state index in [-0.39, 0.29) is 0 Å². The molecule has 1 aromatic heterocycles. The number of H-pyrrole nitrogens is 1. The van der Waals surface area contributed by atoms with E-state index in [2.05, 4.69) is 27.3 Å². The number of rotatable bonds is 7. The number of piperazine rings is 1. The third-order valence-corrected chi connectivity index (χ3v) is 5.69. The van der Waals surface area contributed by atoms with Gasteiger partial charge >= 0.3 is 11.9 Å². The first-order valence-corrected chi connectivity index (χ1v) is 10.5. The number of amides is 1. The summed E-state index contributed by atoms with van der Waals surface area (Å²) in [6, 6.07) is 14.4. The molecule has 9 nitrogen and oxygen atoms in total. The van der Waals surface area contributed by atoms with Crippen molar-refractivity contribution in [2.45, 2.75) is 6.04 Å². The number of aromatic amines is 1. The number of carboxylic acids is 2. The topological polar surface area (TPSA) is 126 Å². The first kappa shape index (κ1) is 22.1. The summed E-state index contributed by atoms with van der Waals surface area (Å²) in [5.74, 6) is -2.69. The summed E-state index contributed by atoms with van der Waals surface area (Å²) in [4.78, 5) is 41.9. The van der Waals surface area contributed by atoms with Gasteiger partial charge in [0.2, 0.25) is 5.91 Å². The van der Waals surface area contributed by atoms with Gasteiger partial charge in [-0.25, -0.2) is 4.79 Å². The Morgan fingerprint density at radius 3 is 2.36 bits per heavy atom. The molecule has 33 heavy (non-hydrogen) atoms. The zero-order valence-corrected chi connectivity index (χ0v) is 17.8. The number of benzene rings is 2. The third-order valence-electron chi connectivity index (χ3n) is 5.69. The summed E-state index contributed by atoms with van der Waals surface area (Å²) in [5, 5.41) is 22.0. The number of anilines is 2. The van der Waals surface area contributed by atoms with Crippen LogP contribution in [0.2, 0.25) is 0 Å². The molecule has 9 heteroatoms. The molecule has 0 unspecified atom stereocenters. The molecule has 0 bridgehead atoms. The van der Waals surface area contributed by atoms with Crippen molar-refractivity contribution in [1.29, 1.82) is 0 Å². The van der Waals surface area contributed by atoms with Gasteiger partial charge in [0.25, 0.3) is 0 Å². The Hall–Kier alpha value is -4.11. The molecular weight excluding hydrogens is 424 g/mol. The maximum absolute atomic E-state index is 12.2. The maximum atomic E-state index is 12.2. The van der Waals surface area contributed by atoms with E-state index in [9.17, 15) is 19.5 Å². The molecule has 1 aliphatic rings. The number of aliphatic carboxylic acids is 2. The van der Waals surface area contributed by atoms with Crippen LogP contribution in [-0.4, -0.2) is 64.1 Å². The first-order valence-electron chi connectivity index (χ1n) is 10.5. The Morgan fingerprint density at radius 2 is 1.70 bits per heavy atom. The van der Waals surface area contributed by atoms with Crippen molar-refractivity contribution >= 4 is 40.1 Å². The van der Waals surface area contributed by atoms with Crippen LogP contribution in [0, 0.1) is 0 Å². The standard InChI is InChI=1S/C24H24N4O5/c29-21(8-9-22(30)31)26-16-6-7-18-19(15-25-20(18)14-16)23(24(32)33)28-12-10-27(11-13-28)17-4-2-1-3-5-17/h1-9,14-15,23,25H,10-13H2,(H,26,29)(H,30,31)(H,32,33)/b9-8+/t23-/m1/s1. The van der Waals surface area contributed by atoms with Crippen LogP contribution in [0.1, 0.15) is 11.6 Å². The number of carbonyl (C=O) groups excluding carboxylic acids is 1. The Bertz CT molecular complexity index is 1200. The molecule has 1 amide bonds. The molecule has 0 saturated carbocycles. The van der Waals surface area contributed by atoms with Crippen LogP contribution < -0.4 is 10.2 Å². The lowest BCUT2D eigenvalue weighted by Gasteiger charge is -2.38. The number of carboxylic acid groups (broad SMARTS) is 2. The van der Waals surface area contributed by atoms with Crippen molar-refractivity contribution in [2.24, 2.45) is 0 Å². The smallest absolute Gasteiger partial charge is 0.328 e. The van der Waals surface area contributed by atoms with Crippen LogP contribution in [-0.2, 0) is 14.4 Å². The molecule has 2 heterocycles. The molecule has 0 radical (unpaired) electrons. The maximum Gasteiger partial charge on any atom is 0.328 e. The molecule has 1 saturated heterocycles. The second kappa shape index (κ2) is 9.58. The van der Waals surface area contributed by atoms with E-state index in [0.717, 1.165) is 36.3 Å². The van der Waals surface area contributed by atoms with Gasteiger partial charge < -0.3 is 25.4 Å². The van der Waals surface area contributed by atoms with Gasteiger partial charge in [0, 0.05) is 72.4 Å². The number of nitrogens with one attached hydrogen (secondary N) is 2. The SMILES string of the molecule is O=C(O)/C=C/C(=O)Nc1ccc2c([C@H](C(=O)O)N3CCN(c4ccccc4)CC3)c[nH]c2c1. The molecule has 4 N–H and O–H groups in total. The minimum Gasteiger partial charge on any atom is -0.480 e. The molecule has 3 aromatic rings. The second-order valence-corrected chi connectivity index (χ2v) is 7.76. The van der Waals surface area contributed by atoms with Gasteiger partial charge in [0.05, 0.1) is 0 Å². The fourth-order valence-corrected chi connectivity index (χ4v) is 4.15. The van der Waals surface area contributed by atoms with Gasteiger partial charge in [-0.05, 0) is 24.3 Å². The van der Waals surface area contributed by atoms with Crippen molar-refractivity contribution in [2.75, 3.05) is 36.4 Å². The number of aromatic nitrogens is 1. The predicted molar refractivity (Wildman–Crippen MR) is 124 cm³/mol. The molecule has 2 aromatic carbocycles. The van der Waals surface area contributed by atoms with Crippen LogP contribution in [0.5, 0.6) is 0 Å². The first-order chi connectivity index (χ1) is 15.9. The number of carbonyl (C=O) groups is 3. The zero-order chi connectivity index (χ0) is 23.4. The van der Waals surface area contributed by atoms with Gasteiger partial charge in [0.1, 0.15) is 6.04 Å². The monoisotopic (exact) mass is 448 g/mol. The van der Waals surface area contributed by atoms with Gasteiger partial charge in [-0.2, -0.15) is 0 Å². The number of fused-ring (bicyclic) bond motifs is 1. The minimum absolute atomic E-state index is 0.472. The van der Waals surface area contributed by atoms with E-state index in [1.54, 1.807) is 24.4 Å². The minimum atomic E-state index is -1.21. The largest absolute Gasteiger partial charge is 0.480 e. The van der Waals surface area contributed by atoms with E-state index in [1.165, 1.54) is 0 Å². The Balaban J connectivity index is 1.51. The van der Waals surface area contributed by atoms with E-state index in [4.69, 9.17) is 5.11 Å². The number of hydrogen-bond donors (Lipinski definition) is 4. The summed E-state index contributed by atoms with van der Waals surface area (Å²) >= 11 is 0. The van der Waals surface area contributed by atoms with E-state index >= 15 is 0 Å². The van der Waals surface area contributed by atoms with Crippen LogP contribution in [0.15, 0.2) is 66.9 Å². The lowest BCUT2D eigenvalue weighted by molar-refractivity contribution is -0.143. The molecule has 1 fully saturated rings. The average molecular weight is 448 g/mol. The molecule has 1 aliphatic heterocycles. The molecule has 0 spiro atoms. The Morgan fingerprint density at radius 1 is 0.970 bits per heavy atom. The van der Waals surface area contributed by atoms with E-state index in [0.29, 0.717) is 29.9 Å². The summed E-state index contributed by atoms with van der Waals surface area (Å²) in [6.45, 7) is 2.69. The van der Waals surface area contributed by atoms with E-state index in [1.807, 2.05) is 23.1 Å². The zero-order valence-electron chi connectivity index (χ0n) is 17.8. The summed E-state index contributed by atoms with van der Waals surface area (Å²) in [6.07, 6.45) is 3.39. The van der Waals surface area contributed by atoms with E-state index < -0.39 is 23.9 Å². The Labute approximate surface area is 189 Å². The van der Waals surface area contributed by atoms with Crippen molar-refractivity contribution in [3.05, 3.63) is 72.4 Å². The fraction of sp³-hybridized carbons (Fsp3) is 0.208. The van der Waals surface area contributed by atoms with Gasteiger partial charge in [0.15, 0.2) is 0 Å². The van der Waals surface area contributed by atoms with Crippen molar-refractivity contribution in [1.82, 2.24) is 9.88 Å². The second-order valence-electron chi connectivity index (χ2n) is 7.76.